The standard InChI is InChI=1S/C26H34N2O5S/c1-5-28(6-2)21-13-12-20(17-33-15-14-23(29)30)22(16-21)27-25(32)26(3,4)18-34-24(31)19-10-8-7-9-11-19/h7-13,16H,5-6,14-15,17-18H2,1-4H3,(H,27,32)(H,29,30). The van der Waals surface area contributed by atoms with Crippen molar-refractivity contribution in [2.24, 2.45) is 5.41 Å². The average molecular weight is 487 g/mol. The summed E-state index contributed by atoms with van der Waals surface area (Å²) in [6.07, 6.45) is -0.0844. The van der Waals surface area contributed by atoms with Gasteiger partial charge in [-0.3, -0.25) is 14.4 Å². The molecule has 184 valence electrons. The summed E-state index contributed by atoms with van der Waals surface area (Å²) in [5, 5.41) is 11.8. The SMILES string of the molecule is CCN(CC)c1ccc(COCCC(=O)O)c(NC(=O)C(C)(C)CSC(=O)c2ccccc2)c1. The Kier molecular flexibility index (Phi) is 10.6. The molecule has 0 radical (unpaired) electrons. The predicted octanol–water partition coefficient (Wildman–Crippen LogP) is 5.06. The summed E-state index contributed by atoms with van der Waals surface area (Å²) in [7, 11) is 0. The first-order valence-corrected chi connectivity index (χ1v) is 12.4. The zero-order valence-electron chi connectivity index (χ0n) is 20.3. The highest BCUT2D eigenvalue weighted by atomic mass is 32.2. The molecule has 8 heteroatoms. The van der Waals surface area contributed by atoms with Crippen LogP contribution in [0.2, 0.25) is 0 Å². The molecule has 1 amide bonds. The van der Waals surface area contributed by atoms with Crippen LogP contribution < -0.4 is 10.2 Å². The van der Waals surface area contributed by atoms with E-state index in [1.165, 1.54) is 0 Å². The molecule has 0 aromatic heterocycles. The van der Waals surface area contributed by atoms with Crippen molar-refractivity contribution in [3.63, 3.8) is 0 Å². The van der Waals surface area contributed by atoms with Gasteiger partial charge in [0.2, 0.25) is 11.0 Å². The van der Waals surface area contributed by atoms with Gasteiger partial charge in [0.05, 0.1) is 25.0 Å². The van der Waals surface area contributed by atoms with Crippen LogP contribution in [0.25, 0.3) is 0 Å². The van der Waals surface area contributed by atoms with Crippen molar-refractivity contribution in [2.75, 3.05) is 35.7 Å². The molecular weight excluding hydrogens is 452 g/mol. The third-order valence-corrected chi connectivity index (χ3v) is 6.74. The van der Waals surface area contributed by atoms with Crippen LogP contribution in [-0.2, 0) is 20.9 Å². The summed E-state index contributed by atoms with van der Waals surface area (Å²) in [6, 6.07) is 14.8. The van der Waals surface area contributed by atoms with Gasteiger partial charge in [0, 0.05) is 41.3 Å². The van der Waals surface area contributed by atoms with Crippen LogP contribution in [0.3, 0.4) is 0 Å². The van der Waals surface area contributed by atoms with E-state index >= 15 is 0 Å². The van der Waals surface area contributed by atoms with E-state index in [2.05, 4.69) is 24.1 Å². The number of carboxylic acids is 1. The number of aliphatic carboxylic acids is 1. The minimum Gasteiger partial charge on any atom is -0.481 e. The lowest BCUT2D eigenvalue weighted by Crippen LogP contribution is -2.33. The van der Waals surface area contributed by atoms with Gasteiger partial charge in [0.1, 0.15) is 0 Å². The Hall–Kier alpha value is -2.84. The highest BCUT2D eigenvalue weighted by molar-refractivity contribution is 8.14. The van der Waals surface area contributed by atoms with Crippen molar-refractivity contribution in [1.29, 1.82) is 0 Å². The molecule has 0 aliphatic rings. The Morgan fingerprint density at radius 2 is 1.74 bits per heavy atom. The fourth-order valence-electron chi connectivity index (χ4n) is 3.19. The molecule has 0 spiro atoms. The summed E-state index contributed by atoms with van der Waals surface area (Å²) in [5.74, 6) is -0.800. The van der Waals surface area contributed by atoms with Crippen LogP contribution >= 0.6 is 11.8 Å². The molecule has 2 rings (SSSR count). The number of carboxylic acid groups (broad SMARTS) is 1. The second kappa shape index (κ2) is 13.2. The molecule has 2 aromatic rings. The topological polar surface area (TPSA) is 95.9 Å². The first-order valence-electron chi connectivity index (χ1n) is 11.4. The number of carbonyl (C=O) groups is 3. The molecule has 0 atom stereocenters. The maximum atomic E-state index is 13.2. The maximum absolute atomic E-state index is 13.2. The molecule has 0 fully saturated rings. The van der Waals surface area contributed by atoms with E-state index in [-0.39, 0.29) is 30.7 Å². The van der Waals surface area contributed by atoms with Crippen molar-refractivity contribution in [3.8, 4) is 0 Å². The highest BCUT2D eigenvalue weighted by Crippen LogP contribution is 2.29. The lowest BCUT2D eigenvalue weighted by Gasteiger charge is -2.26. The van der Waals surface area contributed by atoms with Crippen molar-refractivity contribution in [3.05, 3.63) is 59.7 Å². The number of nitrogens with one attached hydrogen (secondary N) is 1. The van der Waals surface area contributed by atoms with Gasteiger partial charge in [-0.25, -0.2) is 0 Å². The molecule has 0 aliphatic carbocycles. The van der Waals surface area contributed by atoms with E-state index in [1.54, 1.807) is 12.1 Å². The van der Waals surface area contributed by atoms with Gasteiger partial charge >= 0.3 is 5.97 Å². The van der Waals surface area contributed by atoms with Crippen molar-refractivity contribution >= 4 is 40.1 Å². The quantitative estimate of drug-likeness (QED) is 0.382. The van der Waals surface area contributed by atoms with Crippen LogP contribution in [0.5, 0.6) is 0 Å². The van der Waals surface area contributed by atoms with Crippen molar-refractivity contribution in [1.82, 2.24) is 0 Å². The van der Waals surface area contributed by atoms with Gasteiger partial charge in [-0.1, -0.05) is 62.0 Å². The smallest absolute Gasteiger partial charge is 0.305 e. The summed E-state index contributed by atoms with van der Waals surface area (Å²) in [4.78, 5) is 38.6. The van der Waals surface area contributed by atoms with E-state index in [0.29, 0.717) is 17.0 Å². The lowest BCUT2D eigenvalue weighted by atomic mass is 9.95. The summed E-state index contributed by atoms with van der Waals surface area (Å²) >= 11 is 1.13. The van der Waals surface area contributed by atoms with Gasteiger partial charge in [-0.2, -0.15) is 0 Å². The Morgan fingerprint density at radius 1 is 1.06 bits per heavy atom. The number of hydrogen-bond acceptors (Lipinski definition) is 6. The second-order valence-electron chi connectivity index (χ2n) is 8.49. The number of ether oxygens (including phenoxy) is 1. The van der Waals surface area contributed by atoms with Crippen LogP contribution in [0, 0.1) is 5.41 Å². The Morgan fingerprint density at radius 3 is 2.35 bits per heavy atom. The van der Waals surface area contributed by atoms with Gasteiger partial charge in [-0.15, -0.1) is 0 Å². The Bertz CT molecular complexity index is 974. The molecule has 0 saturated heterocycles. The zero-order valence-corrected chi connectivity index (χ0v) is 21.1. The summed E-state index contributed by atoms with van der Waals surface area (Å²) in [6.45, 7) is 9.66. The molecule has 2 aromatic carbocycles. The number of amides is 1. The van der Waals surface area contributed by atoms with Gasteiger partial charge in [-0.05, 0) is 26.0 Å². The molecule has 34 heavy (non-hydrogen) atoms. The predicted molar refractivity (Wildman–Crippen MR) is 138 cm³/mol. The minimum absolute atomic E-state index is 0.0717. The fourth-order valence-corrected chi connectivity index (χ4v) is 4.12. The first kappa shape index (κ1) is 27.4. The number of anilines is 2. The molecular formula is C26H34N2O5S. The number of thioether (sulfide) groups is 1. The third-order valence-electron chi connectivity index (χ3n) is 5.38. The Balaban J connectivity index is 2.14. The molecule has 0 heterocycles. The summed E-state index contributed by atoms with van der Waals surface area (Å²) < 4.78 is 5.52. The molecule has 2 N–H and O–H groups in total. The number of benzene rings is 2. The van der Waals surface area contributed by atoms with E-state index in [1.807, 2.05) is 50.2 Å². The average Bonchev–Trinajstić information content (AvgIpc) is 2.82. The summed E-state index contributed by atoms with van der Waals surface area (Å²) in [5.41, 5.74) is 2.16. The van der Waals surface area contributed by atoms with E-state index in [4.69, 9.17) is 9.84 Å². The van der Waals surface area contributed by atoms with E-state index in [0.717, 1.165) is 36.1 Å². The van der Waals surface area contributed by atoms with E-state index < -0.39 is 11.4 Å². The monoisotopic (exact) mass is 486 g/mol. The van der Waals surface area contributed by atoms with Gasteiger partial charge < -0.3 is 20.1 Å². The van der Waals surface area contributed by atoms with Crippen molar-refractivity contribution in [2.45, 2.75) is 40.7 Å². The number of rotatable bonds is 13. The number of carbonyl (C=O) groups excluding carboxylic acids is 2. The Labute approximate surface area is 205 Å². The molecule has 0 aliphatic heterocycles. The molecule has 7 nitrogen and oxygen atoms in total. The lowest BCUT2D eigenvalue weighted by molar-refractivity contribution is -0.138. The second-order valence-corrected chi connectivity index (χ2v) is 9.44. The highest BCUT2D eigenvalue weighted by Gasteiger charge is 2.29. The molecule has 0 unspecified atom stereocenters. The molecule has 0 bridgehead atoms. The fraction of sp³-hybridized carbons (Fsp3) is 0.423. The minimum atomic E-state index is -0.922. The molecule has 0 saturated carbocycles. The number of hydrogen-bond donors (Lipinski definition) is 2. The first-order chi connectivity index (χ1) is 16.2. The van der Waals surface area contributed by atoms with Gasteiger partial charge in [0.25, 0.3) is 0 Å². The number of nitrogens with zero attached hydrogens (tertiary/aromatic N) is 1. The zero-order chi connectivity index (χ0) is 25.1. The van der Waals surface area contributed by atoms with Crippen LogP contribution in [-0.4, -0.2) is 47.5 Å². The van der Waals surface area contributed by atoms with Crippen LogP contribution in [0.1, 0.15) is 50.0 Å². The third kappa shape index (κ3) is 8.18. The van der Waals surface area contributed by atoms with E-state index in [9.17, 15) is 14.4 Å². The van der Waals surface area contributed by atoms with Gasteiger partial charge in [0.15, 0.2) is 0 Å². The maximum Gasteiger partial charge on any atom is 0.305 e. The normalized spacial score (nSPS) is 11.2. The van der Waals surface area contributed by atoms with Crippen molar-refractivity contribution < 1.29 is 24.2 Å². The van der Waals surface area contributed by atoms with Crippen LogP contribution in [0.15, 0.2) is 48.5 Å². The largest absolute Gasteiger partial charge is 0.481 e. The van der Waals surface area contributed by atoms with Crippen LogP contribution in [0.4, 0.5) is 11.4 Å².